The summed E-state index contributed by atoms with van der Waals surface area (Å²) in [6.45, 7) is 7.43. The van der Waals surface area contributed by atoms with Crippen molar-refractivity contribution in [3.8, 4) is 0 Å². The zero-order valence-corrected chi connectivity index (χ0v) is 17.6. The molecule has 0 aromatic heterocycles. The molecular weight excluding hydrogens is 336 g/mol. The van der Waals surface area contributed by atoms with Crippen molar-refractivity contribution in [1.82, 2.24) is 0 Å². The fraction of sp³-hybridized carbons (Fsp3) is 0.958. The molecule has 0 aromatic carbocycles. The molecule has 4 aliphatic rings. The topological polar surface area (TPSA) is 57.5 Å². The summed E-state index contributed by atoms with van der Waals surface area (Å²) in [6, 6.07) is 0. The fourth-order valence-corrected chi connectivity index (χ4v) is 8.76. The largest absolute Gasteiger partial charge is 0.481 e. The molecule has 0 spiro atoms. The second kappa shape index (κ2) is 7.04. The van der Waals surface area contributed by atoms with E-state index in [0.29, 0.717) is 29.1 Å². The third-order valence-electron chi connectivity index (χ3n) is 10.2. The van der Waals surface area contributed by atoms with Crippen LogP contribution in [0, 0.1) is 46.3 Å². The minimum absolute atomic E-state index is 0.0561. The van der Waals surface area contributed by atoms with Crippen molar-refractivity contribution in [3.63, 3.8) is 0 Å². The fourth-order valence-electron chi connectivity index (χ4n) is 8.76. The van der Waals surface area contributed by atoms with Crippen LogP contribution in [0.1, 0.15) is 91.4 Å². The highest BCUT2D eigenvalue weighted by molar-refractivity contribution is 5.66. The third kappa shape index (κ3) is 3.16. The van der Waals surface area contributed by atoms with E-state index in [9.17, 15) is 9.90 Å². The first-order valence-corrected chi connectivity index (χ1v) is 11.7. The highest BCUT2D eigenvalue weighted by atomic mass is 16.4. The van der Waals surface area contributed by atoms with E-state index in [0.717, 1.165) is 42.9 Å². The van der Waals surface area contributed by atoms with Gasteiger partial charge in [0.25, 0.3) is 0 Å². The van der Waals surface area contributed by atoms with Gasteiger partial charge in [0.1, 0.15) is 0 Å². The number of carboxylic acids is 1. The van der Waals surface area contributed by atoms with E-state index in [2.05, 4.69) is 20.8 Å². The van der Waals surface area contributed by atoms with Crippen molar-refractivity contribution in [2.75, 3.05) is 0 Å². The standard InChI is InChI=1S/C24H40O3/c1-15(4-9-22(26)27)19-7-8-20-18-6-5-16-14-17(25)10-12-23(16,2)21(18)11-13-24(19,20)3/h15-21,25H,4-14H2,1-3H3,(H,26,27)/t15?,16-,17-,18+,19?,20+,21+,23+,24-/m1/s1. The molecule has 27 heavy (non-hydrogen) atoms. The Morgan fingerprint density at radius 3 is 2.44 bits per heavy atom. The number of aliphatic hydroxyl groups excluding tert-OH is 1. The maximum atomic E-state index is 11.0. The molecule has 0 amide bonds. The number of fused-ring (bicyclic) bond motifs is 5. The van der Waals surface area contributed by atoms with E-state index >= 15 is 0 Å². The first-order chi connectivity index (χ1) is 12.8. The Labute approximate surface area is 165 Å². The molecule has 4 rings (SSSR count). The van der Waals surface area contributed by atoms with Crippen molar-refractivity contribution in [2.45, 2.75) is 97.5 Å². The number of carbonyl (C=O) groups is 1. The summed E-state index contributed by atoms with van der Waals surface area (Å²) in [5.74, 6) is 3.91. The van der Waals surface area contributed by atoms with Crippen molar-refractivity contribution >= 4 is 5.97 Å². The molecule has 3 heteroatoms. The summed E-state index contributed by atoms with van der Waals surface area (Å²) in [7, 11) is 0. The average Bonchev–Trinajstić information content (AvgIpc) is 2.97. The summed E-state index contributed by atoms with van der Waals surface area (Å²) in [4.78, 5) is 11.0. The summed E-state index contributed by atoms with van der Waals surface area (Å²) in [5.41, 5.74) is 0.882. The normalized spacial score (nSPS) is 50.4. The molecule has 0 saturated heterocycles. The van der Waals surface area contributed by atoms with Gasteiger partial charge in [0.05, 0.1) is 6.10 Å². The maximum Gasteiger partial charge on any atom is 0.303 e. The van der Waals surface area contributed by atoms with Crippen molar-refractivity contribution < 1.29 is 15.0 Å². The number of hydrogen-bond acceptors (Lipinski definition) is 2. The van der Waals surface area contributed by atoms with Gasteiger partial charge in [-0.25, -0.2) is 0 Å². The highest BCUT2D eigenvalue weighted by Crippen LogP contribution is 2.68. The molecule has 0 aliphatic heterocycles. The summed E-state index contributed by atoms with van der Waals surface area (Å²) >= 11 is 0. The zero-order valence-electron chi connectivity index (χ0n) is 17.6. The van der Waals surface area contributed by atoms with Crippen LogP contribution in [0.3, 0.4) is 0 Å². The van der Waals surface area contributed by atoms with Gasteiger partial charge in [-0.2, -0.15) is 0 Å². The second-order valence-corrected chi connectivity index (χ2v) is 11.2. The Hall–Kier alpha value is -0.570. The Morgan fingerprint density at radius 1 is 1.00 bits per heavy atom. The molecule has 4 fully saturated rings. The number of carboxylic acid groups (broad SMARTS) is 1. The SMILES string of the molecule is CC(CCC(=O)O)C1CC[C@H]2[C@@H]3CC[C@@H]4C[C@H](O)CC[C@]4(C)[C@H]3CC[C@]12C. The molecule has 3 nitrogen and oxygen atoms in total. The Morgan fingerprint density at radius 2 is 1.70 bits per heavy atom. The minimum atomic E-state index is -0.643. The van der Waals surface area contributed by atoms with Gasteiger partial charge in [-0.1, -0.05) is 20.8 Å². The number of aliphatic carboxylic acids is 1. The van der Waals surface area contributed by atoms with Crippen LogP contribution < -0.4 is 0 Å². The third-order valence-corrected chi connectivity index (χ3v) is 10.2. The molecule has 0 aromatic rings. The molecule has 2 N–H and O–H groups in total. The van der Waals surface area contributed by atoms with E-state index in [4.69, 9.17) is 5.11 Å². The van der Waals surface area contributed by atoms with Crippen molar-refractivity contribution in [3.05, 3.63) is 0 Å². The molecule has 154 valence electrons. The lowest BCUT2D eigenvalue weighted by Gasteiger charge is -2.61. The first-order valence-electron chi connectivity index (χ1n) is 11.7. The second-order valence-electron chi connectivity index (χ2n) is 11.2. The number of aliphatic hydroxyl groups is 1. The maximum absolute atomic E-state index is 11.0. The van der Waals surface area contributed by atoms with Gasteiger partial charge in [-0.05, 0) is 111 Å². The van der Waals surface area contributed by atoms with Crippen molar-refractivity contribution in [2.24, 2.45) is 46.3 Å². The monoisotopic (exact) mass is 376 g/mol. The molecular formula is C24H40O3. The van der Waals surface area contributed by atoms with Crippen LogP contribution in [-0.4, -0.2) is 22.3 Å². The molecule has 4 saturated carbocycles. The van der Waals surface area contributed by atoms with Gasteiger partial charge >= 0.3 is 5.97 Å². The molecule has 9 atom stereocenters. The van der Waals surface area contributed by atoms with E-state index in [1.165, 1.54) is 44.9 Å². The van der Waals surface area contributed by atoms with Crippen molar-refractivity contribution in [1.29, 1.82) is 0 Å². The Bertz CT molecular complexity index is 574. The molecule has 0 radical (unpaired) electrons. The van der Waals surface area contributed by atoms with E-state index in [-0.39, 0.29) is 6.10 Å². The predicted molar refractivity (Wildman–Crippen MR) is 107 cm³/mol. The Kier molecular flexibility index (Phi) is 5.15. The van der Waals surface area contributed by atoms with Gasteiger partial charge in [0, 0.05) is 6.42 Å². The van der Waals surface area contributed by atoms with Gasteiger partial charge in [0.2, 0.25) is 0 Å². The highest BCUT2D eigenvalue weighted by Gasteiger charge is 2.60. The number of rotatable bonds is 4. The van der Waals surface area contributed by atoms with Crippen LogP contribution in [0.2, 0.25) is 0 Å². The lowest BCUT2D eigenvalue weighted by Crippen LogP contribution is -2.54. The Balaban J connectivity index is 1.51. The quantitative estimate of drug-likeness (QED) is 0.680. The zero-order chi connectivity index (χ0) is 19.4. The lowest BCUT2D eigenvalue weighted by molar-refractivity contribution is -0.138. The van der Waals surface area contributed by atoms with Gasteiger partial charge in [0.15, 0.2) is 0 Å². The molecule has 0 bridgehead atoms. The minimum Gasteiger partial charge on any atom is -0.481 e. The summed E-state index contributed by atoms with van der Waals surface area (Å²) < 4.78 is 0. The van der Waals surface area contributed by atoms with E-state index < -0.39 is 5.97 Å². The van der Waals surface area contributed by atoms with Crippen LogP contribution >= 0.6 is 0 Å². The molecule has 0 heterocycles. The smallest absolute Gasteiger partial charge is 0.303 e. The van der Waals surface area contributed by atoms with Crippen LogP contribution in [-0.2, 0) is 4.79 Å². The first kappa shape index (κ1) is 19.7. The van der Waals surface area contributed by atoms with Crippen LogP contribution in [0.25, 0.3) is 0 Å². The summed E-state index contributed by atoms with van der Waals surface area (Å²) in [5, 5.41) is 19.3. The number of hydrogen-bond donors (Lipinski definition) is 2. The van der Waals surface area contributed by atoms with Gasteiger partial charge in [-0.3, -0.25) is 4.79 Å². The van der Waals surface area contributed by atoms with E-state index in [1.54, 1.807) is 0 Å². The average molecular weight is 377 g/mol. The molecule has 4 aliphatic carbocycles. The molecule has 2 unspecified atom stereocenters. The van der Waals surface area contributed by atoms with Crippen LogP contribution in [0.4, 0.5) is 0 Å². The lowest BCUT2D eigenvalue weighted by atomic mass is 9.44. The predicted octanol–water partition coefficient (Wildman–Crippen LogP) is 5.51. The van der Waals surface area contributed by atoms with Gasteiger partial charge < -0.3 is 10.2 Å². The van der Waals surface area contributed by atoms with E-state index in [1.807, 2.05) is 0 Å². The van der Waals surface area contributed by atoms with Gasteiger partial charge in [-0.15, -0.1) is 0 Å². The summed E-state index contributed by atoms with van der Waals surface area (Å²) in [6.07, 6.45) is 12.4. The van der Waals surface area contributed by atoms with Crippen LogP contribution in [0.15, 0.2) is 0 Å². The van der Waals surface area contributed by atoms with Crippen LogP contribution in [0.5, 0.6) is 0 Å².